The number of carbonyl (C=O) groups excluding carboxylic acids is 2. The van der Waals surface area contributed by atoms with Crippen LogP contribution in [0.4, 0.5) is 18.9 Å². The largest absolute Gasteiger partial charge is 0.435 e. The molecule has 1 amide bonds. The third-order valence-corrected chi connectivity index (χ3v) is 4.87. The van der Waals surface area contributed by atoms with Crippen LogP contribution in [0.3, 0.4) is 0 Å². The summed E-state index contributed by atoms with van der Waals surface area (Å²) in [6, 6.07) is 22.9. The Morgan fingerprint density at radius 2 is 1.59 bits per heavy atom. The van der Waals surface area contributed by atoms with Crippen molar-refractivity contribution in [3.63, 3.8) is 0 Å². The van der Waals surface area contributed by atoms with Crippen LogP contribution in [0.2, 0.25) is 0 Å². The van der Waals surface area contributed by atoms with Gasteiger partial charge in [-0.3, -0.25) is 9.59 Å². The number of ketones is 1. The summed E-state index contributed by atoms with van der Waals surface area (Å²) in [5.74, 6) is -1.14. The van der Waals surface area contributed by atoms with E-state index in [0.29, 0.717) is 17.2 Å². The van der Waals surface area contributed by atoms with E-state index >= 15 is 0 Å². The molecule has 0 aliphatic heterocycles. The summed E-state index contributed by atoms with van der Waals surface area (Å²) in [4.78, 5) is 25.7. The normalized spacial score (nSPS) is 11.0. The Bertz CT molecular complexity index is 1420. The maximum absolute atomic E-state index is 13.3. The number of carbonyl (C=O) groups is 2. The molecule has 34 heavy (non-hydrogen) atoms. The van der Waals surface area contributed by atoms with Gasteiger partial charge >= 0.3 is 6.18 Å². The molecule has 0 aliphatic carbocycles. The highest BCUT2D eigenvalue weighted by Crippen LogP contribution is 2.30. The summed E-state index contributed by atoms with van der Waals surface area (Å²) in [7, 11) is 0. The van der Waals surface area contributed by atoms with Crippen molar-refractivity contribution in [1.82, 2.24) is 9.78 Å². The fourth-order valence-corrected chi connectivity index (χ4v) is 3.27. The number of halogens is 3. The zero-order valence-electron chi connectivity index (χ0n) is 17.4. The van der Waals surface area contributed by atoms with E-state index in [9.17, 15) is 22.8 Å². The Morgan fingerprint density at radius 1 is 0.882 bits per heavy atom. The van der Waals surface area contributed by atoms with Gasteiger partial charge in [-0.05, 0) is 30.3 Å². The minimum Gasteiger partial charge on any atom is -0.321 e. The number of anilines is 1. The van der Waals surface area contributed by atoms with Crippen molar-refractivity contribution < 1.29 is 22.8 Å². The quantitative estimate of drug-likeness (QED) is 0.412. The van der Waals surface area contributed by atoms with Crippen molar-refractivity contribution in [2.45, 2.75) is 6.18 Å². The number of hydrogen-bond donors (Lipinski definition) is 1. The zero-order chi connectivity index (χ0) is 24.3. The van der Waals surface area contributed by atoms with Gasteiger partial charge in [0.2, 0.25) is 0 Å². The first-order chi connectivity index (χ1) is 16.3. The average molecular weight is 460 g/mol. The molecule has 3 aromatic carbocycles. The maximum atomic E-state index is 13.3. The predicted molar refractivity (Wildman–Crippen MR) is 118 cm³/mol. The zero-order valence-corrected chi connectivity index (χ0v) is 17.4. The van der Waals surface area contributed by atoms with Gasteiger partial charge in [0, 0.05) is 22.9 Å². The van der Waals surface area contributed by atoms with Crippen LogP contribution in [0.1, 0.15) is 37.7 Å². The smallest absolute Gasteiger partial charge is 0.321 e. The van der Waals surface area contributed by atoms with E-state index in [1.165, 1.54) is 36.4 Å². The summed E-state index contributed by atoms with van der Waals surface area (Å²) in [6.07, 6.45) is -4.78. The van der Waals surface area contributed by atoms with Crippen LogP contribution in [0.5, 0.6) is 0 Å². The SMILES string of the molecule is N#Cc1cccc(-n2nc(C(F)(F)F)cc2C(=O)Nc2cccc(C(=O)c3ccccc3)c2)c1. The Morgan fingerprint density at radius 3 is 2.29 bits per heavy atom. The summed E-state index contributed by atoms with van der Waals surface area (Å²) in [6.45, 7) is 0. The molecule has 1 aromatic heterocycles. The van der Waals surface area contributed by atoms with Crippen LogP contribution < -0.4 is 5.32 Å². The molecule has 0 saturated heterocycles. The molecule has 0 saturated carbocycles. The molecular formula is C25H15F3N4O2. The number of aromatic nitrogens is 2. The van der Waals surface area contributed by atoms with Crippen molar-refractivity contribution in [1.29, 1.82) is 5.26 Å². The maximum Gasteiger partial charge on any atom is 0.435 e. The lowest BCUT2D eigenvalue weighted by Gasteiger charge is -2.10. The number of nitrogens with zero attached hydrogens (tertiary/aromatic N) is 3. The molecule has 1 N–H and O–H groups in total. The first kappa shape index (κ1) is 22.5. The predicted octanol–water partition coefficient (Wildman–Crippen LogP) is 5.25. The van der Waals surface area contributed by atoms with Gasteiger partial charge in [-0.2, -0.15) is 23.5 Å². The third kappa shape index (κ3) is 4.71. The molecule has 0 unspecified atom stereocenters. The van der Waals surface area contributed by atoms with Crippen LogP contribution in [0.15, 0.2) is 84.9 Å². The topological polar surface area (TPSA) is 87.8 Å². The van der Waals surface area contributed by atoms with Gasteiger partial charge in [-0.1, -0.05) is 48.5 Å². The molecule has 9 heteroatoms. The average Bonchev–Trinajstić information content (AvgIpc) is 3.31. The van der Waals surface area contributed by atoms with Crippen molar-refractivity contribution in [2.75, 3.05) is 5.32 Å². The monoisotopic (exact) mass is 460 g/mol. The molecular weight excluding hydrogens is 445 g/mol. The number of nitriles is 1. The van der Waals surface area contributed by atoms with Gasteiger partial charge in [-0.15, -0.1) is 0 Å². The molecule has 4 rings (SSSR count). The summed E-state index contributed by atoms with van der Waals surface area (Å²) < 4.78 is 40.8. The molecule has 0 radical (unpaired) electrons. The van der Waals surface area contributed by atoms with E-state index in [4.69, 9.17) is 5.26 Å². The molecule has 168 valence electrons. The van der Waals surface area contributed by atoms with Gasteiger partial charge in [0.1, 0.15) is 5.69 Å². The van der Waals surface area contributed by atoms with Crippen LogP contribution in [0.25, 0.3) is 5.69 Å². The number of amides is 1. The Hall–Kier alpha value is -4.71. The second-order valence-electron chi connectivity index (χ2n) is 7.22. The van der Waals surface area contributed by atoms with Gasteiger partial charge in [0.15, 0.2) is 11.5 Å². The van der Waals surface area contributed by atoms with Gasteiger partial charge in [0.25, 0.3) is 5.91 Å². The van der Waals surface area contributed by atoms with E-state index in [1.54, 1.807) is 42.5 Å². The lowest BCUT2D eigenvalue weighted by Crippen LogP contribution is -2.17. The van der Waals surface area contributed by atoms with Crippen LogP contribution in [0, 0.1) is 11.3 Å². The van der Waals surface area contributed by atoms with Crippen molar-refractivity contribution in [3.05, 3.63) is 113 Å². The molecule has 0 bridgehead atoms. The summed E-state index contributed by atoms with van der Waals surface area (Å²) in [5, 5.41) is 15.2. The summed E-state index contributed by atoms with van der Waals surface area (Å²) >= 11 is 0. The molecule has 0 atom stereocenters. The van der Waals surface area contributed by atoms with Gasteiger partial charge in [-0.25, -0.2) is 4.68 Å². The minimum absolute atomic E-state index is 0.118. The first-order valence-electron chi connectivity index (χ1n) is 9.95. The van der Waals surface area contributed by atoms with E-state index < -0.39 is 17.8 Å². The molecule has 4 aromatic rings. The van der Waals surface area contributed by atoms with Crippen molar-refractivity contribution >= 4 is 17.4 Å². The molecule has 0 aliphatic rings. The van der Waals surface area contributed by atoms with E-state index in [0.717, 1.165) is 4.68 Å². The number of alkyl halides is 3. The third-order valence-electron chi connectivity index (χ3n) is 4.87. The second-order valence-corrected chi connectivity index (χ2v) is 7.22. The highest BCUT2D eigenvalue weighted by Gasteiger charge is 2.36. The molecule has 6 nitrogen and oxygen atoms in total. The van der Waals surface area contributed by atoms with E-state index in [2.05, 4.69) is 10.4 Å². The molecule has 1 heterocycles. The highest BCUT2D eigenvalue weighted by molar-refractivity contribution is 6.10. The van der Waals surface area contributed by atoms with Crippen LogP contribution in [-0.4, -0.2) is 21.5 Å². The minimum atomic E-state index is -4.78. The van der Waals surface area contributed by atoms with Crippen molar-refractivity contribution in [3.8, 4) is 11.8 Å². The standard InChI is InChI=1S/C25H15F3N4O2/c26-25(27,28)22-14-21(32(31-22)20-11-4-6-16(12-20)15-29)24(34)30-19-10-5-9-18(13-19)23(33)17-7-2-1-3-8-17/h1-14H,(H,30,34). The lowest BCUT2D eigenvalue weighted by molar-refractivity contribution is -0.141. The highest BCUT2D eigenvalue weighted by atomic mass is 19.4. The summed E-state index contributed by atoms with van der Waals surface area (Å²) in [5.41, 5.74) is -0.353. The fourth-order valence-electron chi connectivity index (χ4n) is 3.27. The number of rotatable bonds is 5. The first-order valence-corrected chi connectivity index (χ1v) is 9.95. The van der Waals surface area contributed by atoms with Gasteiger partial charge in [0.05, 0.1) is 17.3 Å². The van der Waals surface area contributed by atoms with Crippen molar-refractivity contribution in [2.24, 2.45) is 0 Å². The molecule has 0 fully saturated rings. The number of benzene rings is 3. The fraction of sp³-hybridized carbons (Fsp3) is 0.0400. The second kappa shape index (κ2) is 9.03. The molecule has 0 spiro atoms. The number of hydrogen-bond acceptors (Lipinski definition) is 4. The van der Waals surface area contributed by atoms with E-state index in [-0.39, 0.29) is 28.4 Å². The Kier molecular flexibility index (Phi) is 5.97. The van der Waals surface area contributed by atoms with Crippen LogP contribution in [-0.2, 0) is 6.18 Å². The van der Waals surface area contributed by atoms with Gasteiger partial charge < -0.3 is 5.32 Å². The Labute approximate surface area is 191 Å². The van der Waals surface area contributed by atoms with Crippen LogP contribution >= 0.6 is 0 Å². The number of nitrogens with one attached hydrogen (secondary N) is 1. The Balaban J connectivity index is 1.68. The lowest BCUT2D eigenvalue weighted by atomic mass is 10.0. The van der Waals surface area contributed by atoms with E-state index in [1.807, 2.05) is 6.07 Å².